The minimum absolute atomic E-state index is 0.143. The highest BCUT2D eigenvalue weighted by molar-refractivity contribution is 7.99. The van der Waals surface area contributed by atoms with E-state index in [1.54, 1.807) is 23.9 Å². The number of hydrogen-bond acceptors (Lipinski definition) is 3. The van der Waals surface area contributed by atoms with Gasteiger partial charge in [0.15, 0.2) is 11.5 Å². The molecule has 2 aromatic rings. The van der Waals surface area contributed by atoms with Gasteiger partial charge in [0.1, 0.15) is 0 Å². The summed E-state index contributed by atoms with van der Waals surface area (Å²) in [5.74, 6) is 0.614. The fourth-order valence-electron chi connectivity index (χ4n) is 1.62. The highest BCUT2D eigenvalue weighted by atomic mass is 35.5. The van der Waals surface area contributed by atoms with E-state index >= 15 is 0 Å². The highest BCUT2D eigenvalue weighted by Crippen LogP contribution is 2.35. The fraction of sp³-hybridized carbons (Fsp3) is 0.143. The first-order valence-electron chi connectivity index (χ1n) is 5.40. The van der Waals surface area contributed by atoms with E-state index in [-0.39, 0.29) is 5.75 Å². The molecule has 2 rings (SSSR count). The Hall–Kier alpha value is -1.32. The first kappa shape index (κ1) is 13.1. The summed E-state index contributed by atoms with van der Waals surface area (Å²) >= 11 is 7.60. The number of methoxy groups -OCH3 is 1. The summed E-state index contributed by atoms with van der Waals surface area (Å²) in [6, 6.07) is 11.2. The average molecular weight is 281 g/mol. The zero-order valence-electron chi connectivity index (χ0n) is 10.1. The molecule has 0 aliphatic heterocycles. The van der Waals surface area contributed by atoms with E-state index in [0.29, 0.717) is 5.75 Å². The second-order valence-electron chi connectivity index (χ2n) is 3.90. The SMILES string of the molecule is COc1cc(Sc2cc(C)cc(Cl)c2)ccc1O. The van der Waals surface area contributed by atoms with E-state index in [1.807, 2.05) is 25.1 Å². The minimum Gasteiger partial charge on any atom is -0.504 e. The van der Waals surface area contributed by atoms with Crippen LogP contribution in [0.25, 0.3) is 0 Å². The molecule has 2 aromatic carbocycles. The monoisotopic (exact) mass is 280 g/mol. The van der Waals surface area contributed by atoms with Crippen LogP contribution in [0.1, 0.15) is 5.56 Å². The molecule has 0 amide bonds. The summed E-state index contributed by atoms with van der Waals surface area (Å²) in [6.07, 6.45) is 0. The fourth-order valence-corrected chi connectivity index (χ4v) is 2.98. The number of halogens is 1. The van der Waals surface area contributed by atoms with Crippen molar-refractivity contribution in [2.75, 3.05) is 7.11 Å². The van der Waals surface area contributed by atoms with Crippen molar-refractivity contribution in [2.24, 2.45) is 0 Å². The van der Waals surface area contributed by atoms with Gasteiger partial charge < -0.3 is 9.84 Å². The van der Waals surface area contributed by atoms with Gasteiger partial charge in [0.25, 0.3) is 0 Å². The summed E-state index contributed by atoms with van der Waals surface area (Å²) in [6.45, 7) is 2.01. The van der Waals surface area contributed by atoms with E-state index in [1.165, 1.54) is 7.11 Å². The lowest BCUT2D eigenvalue weighted by molar-refractivity contribution is 0.372. The molecule has 2 nitrogen and oxygen atoms in total. The third-order valence-electron chi connectivity index (χ3n) is 2.40. The smallest absolute Gasteiger partial charge is 0.161 e. The molecule has 0 saturated heterocycles. The zero-order chi connectivity index (χ0) is 13.1. The molecule has 0 spiro atoms. The number of phenols is 1. The predicted molar refractivity (Wildman–Crippen MR) is 75.0 cm³/mol. The predicted octanol–water partition coefficient (Wildman–Crippen LogP) is 4.51. The van der Waals surface area contributed by atoms with Crippen LogP contribution in [0.2, 0.25) is 5.02 Å². The van der Waals surface area contributed by atoms with Crippen molar-refractivity contribution >= 4 is 23.4 Å². The first-order valence-corrected chi connectivity index (χ1v) is 6.60. The molecule has 0 saturated carbocycles. The maximum Gasteiger partial charge on any atom is 0.161 e. The molecule has 0 aliphatic rings. The molecule has 0 fully saturated rings. The number of aromatic hydroxyl groups is 1. The van der Waals surface area contributed by atoms with Gasteiger partial charge in [-0.2, -0.15) is 0 Å². The van der Waals surface area contributed by atoms with Crippen LogP contribution in [0, 0.1) is 6.92 Å². The van der Waals surface area contributed by atoms with Crippen LogP contribution in [0.4, 0.5) is 0 Å². The third-order valence-corrected chi connectivity index (χ3v) is 3.58. The summed E-state index contributed by atoms with van der Waals surface area (Å²) < 4.78 is 5.08. The first-order chi connectivity index (χ1) is 8.58. The molecule has 0 aliphatic carbocycles. The molecule has 0 unspecified atom stereocenters. The Balaban J connectivity index is 2.28. The Kier molecular flexibility index (Phi) is 4.04. The van der Waals surface area contributed by atoms with Crippen LogP contribution in [0.3, 0.4) is 0 Å². The number of benzene rings is 2. The molecule has 4 heteroatoms. The minimum atomic E-state index is 0.143. The Bertz CT molecular complexity index is 549. The number of hydrogen-bond donors (Lipinski definition) is 1. The van der Waals surface area contributed by atoms with Gasteiger partial charge in [-0.25, -0.2) is 0 Å². The van der Waals surface area contributed by atoms with Crippen LogP contribution in [-0.2, 0) is 0 Å². The average Bonchev–Trinajstić information content (AvgIpc) is 2.30. The summed E-state index contributed by atoms with van der Waals surface area (Å²) in [5, 5.41) is 10.3. The van der Waals surface area contributed by atoms with Crippen LogP contribution < -0.4 is 4.74 Å². The summed E-state index contributed by atoms with van der Waals surface area (Å²) in [7, 11) is 1.53. The van der Waals surface area contributed by atoms with Crippen molar-refractivity contribution in [3.63, 3.8) is 0 Å². The van der Waals surface area contributed by atoms with E-state index in [2.05, 4.69) is 6.07 Å². The Morgan fingerprint density at radius 3 is 2.56 bits per heavy atom. The van der Waals surface area contributed by atoms with E-state index in [0.717, 1.165) is 20.4 Å². The number of phenolic OH excluding ortho intramolecular Hbond substituents is 1. The van der Waals surface area contributed by atoms with Crippen molar-refractivity contribution in [3.05, 3.63) is 47.0 Å². The summed E-state index contributed by atoms with van der Waals surface area (Å²) in [4.78, 5) is 2.05. The second-order valence-corrected chi connectivity index (χ2v) is 5.48. The van der Waals surface area contributed by atoms with Crippen molar-refractivity contribution in [1.82, 2.24) is 0 Å². The van der Waals surface area contributed by atoms with Gasteiger partial charge in [-0.05, 0) is 48.9 Å². The Morgan fingerprint density at radius 1 is 1.11 bits per heavy atom. The molecule has 1 N–H and O–H groups in total. The van der Waals surface area contributed by atoms with Crippen molar-refractivity contribution < 1.29 is 9.84 Å². The lowest BCUT2D eigenvalue weighted by Gasteiger charge is -2.07. The van der Waals surface area contributed by atoms with Gasteiger partial charge in [-0.15, -0.1) is 0 Å². The van der Waals surface area contributed by atoms with Crippen molar-refractivity contribution in [1.29, 1.82) is 0 Å². The molecule has 0 radical (unpaired) electrons. The quantitative estimate of drug-likeness (QED) is 0.897. The van der Waals surface area contributed by atoms with Crippen LogP contribution in [0.5, 0.6) is 11.5 Å². The van der Waals surface area contributed by atoms with Crippen LogP contribution in [0.15, 0.2) is 46.2 Å². The van der Waals surface area contributed by atoms with Gasteiger partial charge >= 0.3 is 0 Å². The van der Waals surface area contributed by atoms with E-state index in [9.17, 15) is 5.11 Å². The van der Waals surface area contributed by atoms with Crippen molar-refractivity contribution in [3.8, 4) is 11.5 Å². The second kappa shape index (κ2) is 5.55. The number of ether oxygens (including phenoxy) is 1. The highest BCUT2D eigenvalue weighted by Gasteiger charge is 2.05. The van der Waals surface area contributed by atoms with Crippen LogP contribution in [-0.4, -0.2) is 12.2 Å². The summed E-state index contributed by atoms with van der Waals surface area (Å²) in [5.41, 5.74) is 1.12. The molecular weight excluding hydrogens is 268 g/mol. The van der Waals surface area contributed by atoms with Crippen molar-refractivity contribution in [2.45, 2.75) is 16.7 Å². The van der Waals surface area contributed by atoms with Gasteiger partial charge in [0.05, 0.1) is 7.11 Å². The van der Waals surface area contributed by atoms with Crippen LogP contribution >= 0.6 is 23.4 Å². The van der Waals surface area contributed by atoms with E-state index in [4.69, 9.17) is 16.3 Å². The topological polar surface area (TPSA) is 29.5 Å². The van der Waals surface area contributed by atoms with Gasteiger partial charge in [-0.1, -0.05) is 23.4 Å². The molecule has 0 aromatic heterocycles. The van der Waals surface area contributed by atoms with E-state index < -0.39 is 0 Å². The largest absolute Gasteiger partial charge is 0.504 e. The standard InChI is InChI=1S/C14H13ClO2S/c1-9-5-10(15)7-12(6-9)18-11-3-4-13(16)14(8-11)17-2/h3-8,16H,1-2H3. The molecule has 0 heterocycles. The number of aryl methyl sites for hydroxylation is 1. The lowest BCUT2D eigenvalue weighted by atomic mass is 10.2. The van der Waals surface area contributed by atoms with Gasteiger partial charge in [-0.3, -0.25) is 0 Å². The maximum absolute atomic E-state index is 9.53. The number of rotatable bonds is 3. The van der Waals surface area contributed by atoms with Gasteiger partial charge in [0.2, 0.25) is 0 Å². The molecular formula is C14H13ClO2S. The zero-order valence-corrected chi connectivity index (χ0v) is 11.7. The van der Waals surface area contributed by atoms with Gasteiger partial charge in [0, 0.05) is 14.8 Å². The molecule has 18 heavy (non-hydrogen) atoms. The maximum atomic E-state index is 9.53. The molecule has 94 valence electrons. The normalized spacial score (nSPS) is 10.4. The Labute approximate surface area is 116 Å². The molecule has 0 atom stereocenters. The lowest BCUT2D eigenvalue weighted by Crippen LogP contribution is -1.84. The molecule has 0 bridgehead atoms. The third kappa shape index (κ3) is 3.12. The Morgan fingerprint density at radius 2 is 1.89 bits per heavy atom.